The number of hydrogen-bond donors (Lipinski definition) is 2. The van der Waals surface area contributed by atoms with Gasteiger partial charge in [0.1, 0.15) is 5.75 Å². The average Bonchev–Trinajstić information content (AvgIpc) is 2.84. The first-order valence-corrected chi connectivity index (χ1v) is 6.71. The van der Waals surface area contributed by atoms with E-state index in [1.165, 1.54) is 16.5 Å². The van der Waals surface area contributed by atoms with E-state index >= 15 is 0 Å². The van der Waals surface area contributed by atoms with Crippen molar-refractivity contribution in [2.45, 2.75) is 19.9 Å². The molecule has 0 aliphatic heterocycles. The molecule has 3 nitrogen and oxygen atoms in total. The van der Waals surface area contributed by atoms with Crippen LogP contribution in [0, 0.1) is 0 Å². The number of phenolic OH excluding ortho intramolecular Hbond substituents is 1. The Morgan fingerprint density at radius 2 is 2.11 bits per heavy atom. The number of phenols is 1. The molecule has 0 fully saturated rings. The van der Waals surface area contributed by atoms with E-state index in [1.54, 1.807) is 29.5 Å². The summed E-state index contributed by atoms with van der Waals surface area (Å²) in [4.78, 5) is 13.1. The summed E-state index contributed by atoms with van der Waals surface area (Å²) < 4.78 is 0. The van der Waals surface area contributed by atoms with Crippen LogP contribution in [0.15, 0.2) is 35.7 Å². The van der Waals surface area contributed by atoms with E-state index in [0.717, 1.165) is 6.42 Å². The third kappa shape index (κ3) is 2.71. The summed E-state index contributed by atoms with van der Waals surface area (Å²) in [6.45, 7) is 2.60. The summed E-state index contributed by atoms with van der Waals surface area (Å²) in [5, 5.41) is 14.4. The summed E-state index contributed by atoms with van der Waals surface area (Å²) in [5.74, 6) is -0.236. The number of hydrogen-bond acceptors (Lipinski definition) is 3. The second-order valence-corrected chi connectivity index (χ2v) is 4.92. The Morgan fingerprint density at radius 3 is 2.83 bits per heavy atom. The lowest BCUT2D eigenvalue weighted by Gasteiger charge is -2.06. The topological polar surface area (TPSA) is 49.3 Å². The van der Waals surface area contributed by atoms with Crippen LogP contribution in [0.3, 0.4) is 0 Å². The molecule has 0 bridgehead atoms. The third-order valence-electron chi connectivity index (χ3n) is 2.78. The molecule has 0 unspecified atom stereocenters. The minimum atomic E-state index is -0.247. The van der Waals surface area contributed by atoms with Gasteiger partial charge in [-0.15, -0.1) is 11.3 Å². The van der Waals surface area contributed by atoms with Crippen molar-refractivity contribution in [1.82, 2.24) is 5.32 Å². The Hall–Kier alpha value is -1.81. The van der Waals surface area contributed by atoms with Crippen molar-refractivity contribution in [3.8, 4) is 5.75 Å². The van der Waals surface area contributed by atoms with Gasteiger partial charge in [0.15, 0.2) is 0 Å². The zero-order valence-electron chi connectivity index (χ0n) is 10.1. The maximum Gasteiger partial charge on any atom is 0.255 e. The fourth-order valence-corrected chi connectivity index (χ4v) is 2.67. The van der Waals surface area contributed by atoms with Gasteiger partial charge in [-0.3, -0.25) is 4.79 Å². The first kappa shape index (κ1) is 12.6. The molecule has 2 rings (SSSR count). The van der Waals surface area contributed by atoms with Gasteiger partial charge < -0.3 is 10.4 Å². The van der Waals surface area contributed by atoms with Gasteiger partial charge in [-0.25, -0.2) is 0 Å². The van der Waals surface area contributed by atoms with Crippen LogP contribution in [0.2, 0.25) is 0 Å². The quantitative estimate of drug-likeness (QED) is 0.889. The highest BCUT2D eigenvalue weighted by Gasteiger charge is 2.10. The normalized spacial score (nSPS) is 10.3. The van der Waals surface area contributed by atoms with Gasteiger partial charge in [0.05, 0.1) is 12.1 Å². The summed E-state index contributed by atoms with van der Waals surface area (Å²) >= 11 is 1.64. The molecule has 2 aromatic rings. The highest BCUT2D eigenvalue weighted by atomic mass is 32.1. The summed E-state index contributed by atoms with van der Waals surface area (Å²) in [7, 11) is 0. The lowest BCUT2D eigenvalue weighted by Crippen LogP contribution is -2.22. The number of para-hydroxylation sites is 1. The number of benzene rings is 1. The fraction of sp³-hybridized carbons (Fsp3) is 0.214. The van der Waals surface area contributed by atoms with Crippen molar-refractivity contribution in [3.63, 3.8) is 0 Å². The molecule has 0 saturated heterocycles. The maximum absolute atomic E-state index is 11.9. The molecule has 0 aliphatic carbocycles. The molecule has 0 atom stereocenters. The van der Waals surface area contributed by atoms with Gasteiger partial charge in [-0.1, -0.05) is 19.1 Å². The highest BCUT2D eigenvalue weighted by molar-refractivity contribution is 7.10. The van der Waals surface area contributed by atoms with Gasteiger partial charge in [0.25, 0.3) is 5.91 Å². The van der Waals surface area contributed by atoms with Gasteiger partial charge >= 0.3 is 0 Å². The largest absolute Gasteiger partial charge is 0.507 e. The minimum absolute atomic E-state index is 0.0110. The molecule has 2 N–H and O–H groups in total. The van der Waals surface area contributed by atoms with E-state index < -0.39 is 0 Å². The first-order valence-electron chi connectivity index (χ1n) is 5.83. The number of thiophene rings is 1. The fourth-order valence-electron chi connectivity index (χ4n) is 1.76. The SMILES string of the molecule is CCc1ccsc1CNC(=O)c1ccccc1O. The van der Waals surface area contributed by atoms with E-state index in [0.29, 0.717) is 12.1 Å². The number of nitrogens with one attached hydrogen (secondary N) is 1. The zero-order chi connectivity index (χ0) is 13.0. The van der Waals surface area contributed by atoms with E-state index in [4.69, 9.17) is 0 Å². The molecule has 1 aromatic carbocycles. The van der Waals surface area contributed by atoms with Crippen molar-refractivity contribution in [2.75, 3.05) is 0 Å². The molecule has 0 spiro atoms. The van der Waals surface area contributed by atoms with Crippen LogP contribution in [0.4, 0.5) is 0 Å². The first-order chi connectivity index (χ1) is 8.72. The Morgan fingerprint density at radius 1 is 1.33 bits per heavy atom. The third-order valence-corrected chi connectivity index (χ3v) is 3.74. The second-order valence-electron chi connectivity index (χ2n) is 3.92. The number of rotatable bonds is 4. The lowest BCUT2D eigenvalue weighted by molar-refractivity contribution is 0.0948. The van der Waals surface area contributed by atoms with E-state index in [2.05, 4.69) is 18.3 Å². The van der Waals surface area contributed by atoms with Gasteiger partial charge in [-0.05, 0) is 35.6 Å². The Kier molecular flexibility index (Phi) is 3.99. The van der Waals surface area contributed by atoms with Crippen LogP contribution in [0.1, 0.15) is 27.7 Å². The van der Waals surface area contributed by atoms with Gasteiger partial charge in [0.2, 0.25) is 0 Å². The number of aryl methyl sites for hydroxylation is 1. The summed E-state index contributed by atoms with van der Waals surface area (Å²) in [6.07, 6.45) is 0.964. The average molecular weight is 261 g/mol. The van der Waals surface area contributed by atoms with E-state index in [-0.39, 0.29) is 11.7 Å². The van der Waals surface area contributed by atoms with Crippen LogP contribution in [-0.4, -0.2) is 11.0 Å². The Balaban J connectivity index is 2.03. The lowest BCUT2D eigenvalue weighted by atomic mass is 10.2. The number of carbonyl (C=O) groups excluding carboxylic acids is 1. The van der Waals surface area contributed by atoms with Crippen molar-refractivity contribution < 1.29 is 9.90 Å². The monoisotopic (exact) mass is 261 g/mol. The van der Waals surface area contributed by atoms with Gasteiger partial charge in [0, 0.05) is 4.88 Å². The Bertz CT molecular complexity index is 548. The van der Waals surface area contributed by atoms with Crippen LogP contribution < -0.4 is 5.32 Å². The molecule has 1 aromatic heterocycles. The van der Waals surface area contributed by atoms with Crippen LogP contribution >= 0.6 is 11.3 Å². The number of amides is 1. The molecule has 0 radical (unpaired) electrons. The van der Waals surface area contributed by atoms with Gasteiger partial charge in [-0.2, -0.15) is 0 Å². The molecule has 94 valence electrons. The standard InChI is InChI=1S/C14H15NO2S/c1-2-10-7-8-18-13(10)9-15-14(17)11-5-3-4-6-12(11)16/h3-8,16H,2,9H2,1H3,(H,15,17). The summed E-state index contributed by atoms with van der Waals surface area (Å²) in [5.41, 5.74) is 1.57. The van der Waals surface area contributed by atoms with E-state index in [1.807, 2.05) is 5.38 Å². The highest BCUT2D eigenvalue weighted by Crippen LogP contribution is 2.18. The minimum Gasteiger partial charge on any atom is -0.507 e. The maximum atomic E-state index is 11.9. The molecule has 0 saturated carbocycles. The zero-order valence-corrected chi connectivity index (χ0v) is 11.0. The molecule has 4 heteroatoms. The smallest absolute Gasteiger partial charge is 0.255 e. The van der Waals surface area contributed by atoms with Crippen molar-refractivity contribution in [1.29, 1.82) is 0 Å². The molecular formula is C14H15NO2S. The predicted molar refractivity (Wildman–Crippen MR) is 73.0 cm³/mol. The van der Waals surface area contributed by atoms with Crippen molar-refractivity contribution in [3.05, 3.63) is 51.7 Å². The second kappa shape index (κ2) is 5.69. The van der Waals surface area contributed by atoms with Crippen LogP contribution in [-0.2, 0) is 13.0 Å². The molecule has 0 aliphatic rings. The number of carbonyl (C=O) groups is 1. The molecular weight excluding hydrogens is 246 g/mol. The van der Waals surface area contributed by atoms with Crippen molar-refractivity contribution >= 4 is 17.2 Å². The molecule has 1 heterocycles. The van der Waals surface area contributed by atoms with Crippen molar-refractivity contribution in [2.24, 2.45) is 0 Å². The number of aromatic hydroxyl groups is 1. The molecule has 18 heavy (non-hydrogen) atoms. The molecule has 1 amide bonds. The predicted octanol–water partition coefficient (Wildman–Crippen LogP) is 2.95. The van der Waals surface area contributed by atoms with Crippen LogP contribution in [0.25, 0.3) is 0 Å². The Labute approximate surface area is 110 Å². The summed E-state index contributed by atoms with van der Waals surface area (Å²) in [6, 6.07) is 8.63. The van der Waals surface area contributed by atoms with Crippen LogP contribution in [0.5, 0.6) is 5.75 Å². The van der Waals surface area contributed by atoms with E-state index in [9.17, 15) is 9.90 Å².